The average Bonchev–Trinajstić information content (AvgIpc) is 3.31. The van der Waals surface area contributed by atoms with E-state index in [9.17, 15) is 9.59 Å². The van der Waals surface area contributed by atoms with Gasteiger partial charge in [-0.05, 0) is 54.4 Å². The molecule has 0 saturated carbocycles. The maximum atomic E-state index is 14.0. The number of benzene rings is 4. The van der Waals surface area contributed by atoms with Gasteiger partial charge in [0.05, 0.1) is 16.9 Å². The van der Waals surface area contributed by atoms with Gasteiger partial charge in [0.1, 0.15) is 5.82 Å². The van der Waals surface area contributed by atoms with Crippen LogP contribution in [0.5, 0.6) is 0 Å². The molecule has 0 saturated heterocycles. The molecular weight excluding hydrogens is 472 g/mol. The first-order valence-electron chi connectivity index (χ1n) is 14.3. The molecule has 2 heterocycles. The molecule has 2 N–H and O–H groups in total. The van der Waals surface area contributed by atoms with Crippen LogP contribution in [-0.4, -0.2) is 28.3 Å². The second-order valence-electron chi connectivity index (χ2n) is 8.99. The van der Waals surface area contributed by atoms with Gasteiger partial charge in [0, 0.05) is 41.0 Å². The number of H-pyrrole nitrogens is 1. The van der Waals surface area contributed by atoms with E-state index in [4.69, 9.17) is 5.48 Å². The van der Waals surface area contributed by atoms with Gasteiger partial charge >= 0.3 is 0 Å². The minimum atomic E-state index is -0.659. The molecule has 38 heavy (non-hydrogen) atoms. The van der Waals surface area contributed by atoms with Crippen LogP contribution in [-0.2, 0) is 6.42 Å². The molecule has 0 fully saturated rings. The Kier molecular flexibility index (Phi) is 4.96. The molecule has 4 aromatic carbocycles. The highest BCUT2D eigenvalue weighted by atomic mass is 16.2. The highest BCUT2D eigenvalue weighted by molar-refractivity contribution is 6.10. The number of nitrogens with one attached hydrogen (secondary N) is 2. The molecule has 6 heteroatoms. The molecule has 1 aliphatic heterocycles. The smallest absolute Gasteiger partial charge is 0.258 e. The number of amides is 2. The molecule has 0 bridgehead atoms. The zero-order chi connectivity index (χ0) is 29.5. The van der Waals surface area contributed by atoms with E-state index < -0.39 is 36.0 Å². The molecule has 1 aliphatic rings. The van der Waals surface area contributed by atoms with E-state index in [1.54, 1.807) is 30.3 Å². The molecule has 2 amide bonds. The quantitative estimate of drug-likeness (QED) is 0.294. The number of nitrogens with zero attached hydrogens (tertiary/aromatic N) is 2. The van der Waals surface area contributed by atoms with Gasteiger partial charge < -0.3 is 15.2 Å². The summed E-state index contributed by atoms with van der Waals surface area (Å²) < 4.78 is 34.7. The average molecular weight is 503 g/mol. The molecular formula is C32H26N4O2. The van der Waals surface area contributed by atoms with Gasteiger partial charge in [0.2, 0.25) is 0 Å². The minimum absolute atomic E-state index is 0.249. The number of aromatic nitrogens is 2. The number of hydrogen-bond donors (Lipinski definition) is 2. The van der Waals surface area contributed by atoms with E-state index >= 15 is 0 Å². The summed E-state index contributed by atoms with van der Waals surface area (Å²) in [6.45, 7) is 2.11. The van der Waals surface area contributed by atoms with Crippen molar-refractivity contribution in [2.75, 3.05) is 16.8 Å². The van der Waals surface area contributed by atoms with Crippen molar-refractivity contribution in [1.29, 1.82) is 0 Å². The van der Waals surface area contributed by atoms with Crippen molar-refractivity contribution in [2.24, 2.45) is 0 Å². The van der Waals surface area contributed by atoms with Crippen LogP contribution >= 0.6 is 0 Å². The number of para-hydroxylation sites is 1. The summed E-state index contributed by atoms with van der Waals surface area (Å²) >= 11 is 0. The Morgan fingerprint density at radius 2 is 1.58 bits per heavy atom. The third-order valence-corrected chi connectivity index (χ3v) is 6.51. The van der Waals surface area contributed by atoms with Gasteiger partial charge in [-0.2, -0.15) is 0 Å². The van der Waals surface area contributed by atoms with Crippen LogP contribution in [0.2, 0.25) is 0 Å². The number of fused-ring (bicyclic) bond motifs is 3. The van der Waals surface area contributed by atoms with E-state index in [1.165, 1.54) is 4.90 Å². The summed E-state index contributed by atoms with van der Waals surface area (Å²) in [5.74, 6) is -0.480. The Balaban J connectivity index is 1.37. The molecule has 6 rings (SSSR count). The topological polar surface area (TPSA) is 78.1 Å². The van der Waals surface area contributed by atoms with Crippen molar-refractivity contribution >= 4 is 23.2 Å². The fourth-order valence-corrected chi connectivity index (χ4v) is 4.76. The molecule has 6 nitrogen and oxygen atoms in total. The number of hydrogen-bond acceptors (Lipinski definition) is 3. The van der Waals surface area contributed by atoms with Crippen molar-refractivity contribution in [3.05, 3.63) is 126 Å². The van der Waals surface area contributed by atoms with Crippen LogP contribution in [0.15, 0.2) is 103 Å². The number of carbonyl (C=O) groups excluding carboxylic acids is 2. The number of imidazole rings is 1. The van der Waals surface area contributed by atoms with Gasteiger partial charge in [0.15, 0.2) is 0 Å². The lowest BCUT2D eigenvalue weighted by Crippen LogP contribution is -2.32. The second kappa shape index (κ2) is 9.82. The first kappa shape index (κ1) is 19.2. The summed E-state index contributed by atoms with van der Waals surface area (Å²) in [7, 11) is 0. The molecule has 0 spiro atoms. The molecule has 5 aromatic rings. The number of rotatable bonds is 4. The number of anilines is 2. The Bertz CT molecular complexity index is 1840. The standard InChI is InChI=1S/C32H26N4O2/c1-21-33-28-19-20-36(29-14-8-7-13-27(29)30(28)34-21)32(38)23-15-17-24(18-16-23)35-31(37)26-12-6-5-11-25(26)22-9-3-2-4-10-22/h2-18H,19-20H2,1H3,(H,33,34)(H,35,37)/i15D,16D,17D,18D. The third-order valence-electron chi connectivity index (χ3n) is 6.51. The fraction of sp³-hybridized carbons (Fsp3) is 0.0938. The highest BCUT2D eigenvalue weighted by Crippen LogP contribution is 2.36. The van der Waals surface area contributed by atoms with Gasteiger partial charge in [-0.25, -0.2) is 4.98 Å². The van der Waals surface area contributed by atoms with Gasteiger partial charge in [-0.1, -0.05) is 66.7 Å². The van der Waals surface area contributed by atoms with Crippen molar-refractivity contribution in [1.82, 2.24) is 9.97 Å². The molecule has 0 aliphatic carbocycles. The lowest BCUT2D eigenvalue weighted by molar-refractivity contribution is 0.0986. The van der Waals surface area contributed by atoms with Crippen LogP contribution in [0.4, 0.5) is 11.4 Å². The Hall–Kier alpha value is -4.97. The second-order valence-corrected chi connectivity index (χ2v) is 8.99. The van der Waals surface area contributed by atoms with Crippen LogP contribution in [0.1, 0.15) is 37.7 Å². The monoisotopic (exact) mass is 502 g/mol. The lowest BCUT2D eigenvalue weighted by Gasteiger charge is -2.23. The van der Waals surface area contributed by atoms with Gasteiger partial charge in [-0.15, -0.1) is 0 Å². The Labute approximate surface area is 226 Å². The molecule has 0 atom stereocenters. The summed E-state index contributed by atoms with van der Waals surface area (Å²) in [5, 5.41) is 2.58. The molecule has 0 unspecified atom stereocenters. The van der Waals surface area contributed by atoms with Crippen molar-refractivity contribution in [3.63, 3.8) is 0 Å². The predicted molar refractivity (Wildman–Crippen MR) is 150 cm³/mol. The van der Waals surface area contributed by atoms with E-state index in [0.717, 1.165) is 28.3 Å². The Morgan fingerprint density at radius 3 is 2.37 bits per heavy atom. The first-order chi connectivity index (χ1) is 20.3. The van der Waals surface area contributed by atoms with Crippen molar-refractivity contribution in [2.45, 2.75) is 13.3 Å². The number of aromatic amines is 1. The third kappa shape index (κ3) is 4.37. The van der Waals surface area contributed by atoms with Crippen molar-refractivity contribution < 1.29 is 15.1 Å². The van der Waals surface area contributed by atoms with E-state index in [0.29, 0.717) is 23.2 Å². The number of carbonyl (C=O) groups is 2. The Morgan fingerprint density at radius 1 is 0.895 bits per heavy atom. The normalized spacial score (nSPS) is 13.8. The molecule has 0 radical (unpaired) electrons. The van der Waals surface area contributed by atoms with Gasteiger partial charge in [-0.3, -0.25) is 9.59 Å². The highest BCUT2D eigenvalue weighted by Gasteiger charge is 2.26. The zero-order valence-electron chi connectivity index (χ0n) is 24.6. The summed E-state index contributed by atoms with van der Waals surface area (Å²) in [6.07, 6.45) is 0.466. The molecule has 186 valence electrons. The zero-order valence-corrected chi connectivity index (χ0v) is 20.6. The van der Waals surface area contributed by atoms with Crippen LogP contribution in [0.25, 0.3) is 22.4 Å². The van der Waals surface area contributed by atoms with E-state index in [2.05, 4.69) is 15.3 Å². The summed E-state index contributed by atoms with van der Waals surface area (Å²) in [4.78, 5) is 36.7. The maximum Gasteiger partial charge on any atom is 0.258 e. The largest absolute Gasteiger partial charge is 0.346 e. The van der Waals surface area contributed by atoms with Crippen LogP contribution in [0.3, 0.4) is 0 Å². The molecule has 1 aromatic heterocycles. The minimum Gasteiger partial charge on any atom is -0.346 e. The number of aryl methyl sites for hydroxylation is 1. The fourth-order valence-electron chi connectivity index (χ4n) is 4.76. The maximum absolute atomic E-state index is 14.0. The van der Waals surface area contributed by atoms with Crippen LogP contribution in [0, 0.1) is 6.92 Å². The van der Waals surface area contributed by atoms with E-state index in [-0.39, 0.29) is 17.8 Å². The van der Waals surface area contributed by atoms with Crippen molar-refractivity contribution in [3.8, 4) is 22.4 Å². The van der Waals surface area contributed by atoms with E-state index in [1.807, 2.05) is 55.5 Å². The predicted octanol–water partition coefficient (Wildman–Crippen LogP) is 6.51. The van der Waals surface area contributed by atoms with Crippen LogP contribution < -0.4 is 10.2 Å². The van der Waals surface area contributed by atoms with Gasteiger partial charge in [0.25, 0.3) is 11.8 Å². The first-order valence-corrected chi connectivity index (χ1v) is 12.3. The SMILES string of the molecule is [2H]c1c([2H])c(C(=O)N2CCc3[nH]c(C)nc3-c3ccccc32)c([2H])c([2H])c1NC(=O)c1ccccc1-c1ccccc1. The lowest BCUT2D eigenvalue weighted by atomic mass is 9.99. The summed E-state index contributed by atoms with van der Waals surface area (Å²) in [6, 6.07) is 21.5. The summed E-state index contributed by atoms with van der Waals surface area (Å²) in [5.41, 5.74) is 4.06.